The number of halogens is 1. The first-order chi connectivity index (χ1) is 14.4. The first kappa shape index (κ1) is 24.6. The Labute approximate surface area is 188 Å². The van der Waals surface area contributed by atoms with Crippen LogP contribution in [0.1, 0.15) is 52.4 Å². The molecule has 1 saturated heterocycles. The Balaban J connectivity index is 0.00000341. The van der Waals surface area contributed by atoms with Gasteiger partial charge in [0.2, 0.25) is 5.91 Å². The van der Waals surface area contributed by atoms with Gasteiger partial charge in [0.1, 0.15) is 11.3 Å². The fourth-order valence-corrected chi connectivity index (χ4v) is 3.71. The first-order valence-corrected chi connectivity index (χ1v) is 10.3. The number of nitrogens with one attached hydrogen (secondary N) is 2. The molecule has 1 aliphatic heterocycles. The van der Waals surface area contributed by atoms with Crippen LogP contribution in [0.4, 0.5) is 5.69 Å². The van der Waals surface area contributed by atoms with E-state index >= 15 is 0 Å². The van der Waals surface area contributed by atoms with Crippen molar-refractivity contribution >= 4 is 29.9 Å². The Morgan fingerprint density at radius 3 is 2.65 bits per heavy atom. The summed E-state index contributed by atoms with van der Waals surface area (Å²) in [6.45, 7) is 3.50. The molecule has 1 atom stereocenters. The maximum Gasteiger partial charge on any atom is 0.349 e. The van der Waals surface area contributed by atoms with Crippen LogP contribution < -0.4 is 16.3 Å². The number of anilines is 1. The molecule has 2 N–H and O–H groups in total. The van der Waals surface area contributed by atoms with E-state index in [1.807, 2.05) is 12.1 Å². The topological polar surface area (TPSA) is 91.6 Å². The monoisotopic (exact) mass is 447 g/mol. The van der Waals surface area contributed by atoms with Gasteiger partial charge < -0.3 is 20.0 Å². The van der Waals surface area contributed by atoms with Crippen molar-refractivity contribution in [3.05, 3.63) is 63.2 Å². The average Bonchev–Trinajstić information content (AvgIpc) is 2.72. The summed E-state index contributed by atoms with van der Waals surface area (Å²) in [5, 5.41) is 6.13. The molecule has 0 bridgehead atoms. The Hall–Kier alpha value is -2.64. The lowest BCUT2D eigenvalue weighted by molar-refractivity contribution is -0.128. The smallest absolute Gasteiger partial charge is 0.349 e. The number of aryl methyl sites for hydroxylation is 2. The highest BCUT2D eigenvalue weighted by Gasteiger charge is 2.23. The second-order valence-electron chi connectivity index (χ2n) is 7.94. The Kier molecular flexibility index (Phi) is 8.83. The molecular formula is C23H30ClN3O4. The number of amides is 2. The molecule has 1 fully saturated rings. The van der Waals surface area contributed by atoms with Gasteiger partial charge in [0.25, 0.3) is 5.91 Å². The van der Waals surface area contributed by atoms with E-state index in [4.69, 9.17) is 4.42 Å². The van der Waals surface area contributed by atoms with Crippen LogP contribution in [0, 0.1) is 6.92 Å². The molecule has 2 amide bonds. The van der Waals surface area contributed by atoms with E-state index < -0.39 is 11.5 Å². The van der Waals surface area contributed by atoms with Gasteiger partial charge in [-0.25, -0.2) is 4.79 Å². The molecule has 0 saturated carbocycles. The zero-order chi connectivity index (χ0) is 21.7. The molecular weight excluding hydrogens is 418 g/mol. The number of carbonyl (C=O) groups excluding carboxylic acids is 2. The largest absolute Gasteiger partial charge is 0.427 e. The van der Waals surface area contributed by atoms with Gasteiger partial charge in [-0.15, -0.1) is 12.4 Å². The van der Waals surface area contributed by atoms with Crippen LogP contribution in [0.25, 0.3) is 0 Å². The van der Waals surface area contributed by atoms with Gasteiger partial charge in [-0.05, 0) is 56.0 Å². The standard InChI is InChI=1S/C23H29N3O4.ClH/c1-15-13-19(17-8-6-12-24-14-17)30-23(29)21(15)22(28)25-18-9-5-4-7-16(18)10-11-20(27)26(2)3;/h4-5,7,9,13,17,24H,6,8,10-12,14H2,1-3H3,(H,25,28);1H. The molecule has 2 aromatic rings. The minimum Gasteiger partial charge on any atom is -0.427 e. The minimum absolute atomic E-state index is 0. The van der Waals surface area contributed by atoms with Crippen molar-refractivity contribution in [2.45, 2.75) is 38.5 Å². The molecule has 1 unspecified atom stereocenters. The molecule has 7 nitrogen and oxygen atoms in total. The number of benzene rings is 1. The predicted octanol–water partition coefficient (Wildman–Crippen LogP) is 3.11. The molecule has 0 aliphatic carbocycles. The third-order valence-electron chi connectivity index (χ3n) is 5.47. The highest BCUT2D eigenvalue weighted by atomic mass is 35.5. The number of para-hydroxylation sites is 1. The van der Waals surface area contributed by atoms with Crippen molar-refractivity contribution in [3.8, 4) is 0 Å². The lowest BCUT2D eigenvalue weighted by Crippen LogP contribution is -2.30. The van der Waals surface area contributed by atoms with Crippen molar-refractivity contribution in [3.63, 3.8) is 0 Å². The number of hydrogen-bond donors (Lipinski definition) is 2. The molecule has 168 valence electrons. The van der Waals surface area contributed by atoms with Crippen LogP contribution in [0.3, 0.4) is 0 Å². The average molecular weight is 448 g/mol. The molecule has 0 radical (unpaired) electrons. The Morgan fingerprint density at radius 1 is 1.26 bits per heavy atom. The van der Waals surface area contributed by atoms with Crippen LogP contribution in [0.15, 0.2) is 39.5 Å². The summed E-state index contributed by atoms with van der Waals surface area (Å²) in [6, 6.07) is 9.11. The van der Waals surface area contributed by atoms with E-state index in [2.05, 4.69) is 10.6 Å². The molecule has 1 aliphatic rings. The minimum atomic E-state index is -0.617. The third kappa shape index (κ3) is 6.18. The molecule has 0 spiro atoms. The van der Waals surface area contributed by atoms with E-state index in [9.17, 15) is 14.4 Å². The lowest BCUT2D eigenvalue weighted by atomic mass is 9.95. The van der Waals surface area contributed by atoms with Crippen LogP contribution in [0.2, 0.25) is 0 Å². The van der Waals surface area contributed by atoms with Gasteiger partial charge in [-0.1, -0.05) is 18.2 Å². The third-order valence-corrected chi connectivity index (χ3v) is 5.47. The SMILES string of the molecule is Cc1cc(C2CCCNC2)oc(=O)c1C(=O)Nc1ccccc1CCC(=O)N(C)C.Cl. The van der Waals surface area contributed by atoms with Gasteiger partial charge >= 0.3 is 5.63 Å². The molecule has 1 aromatic carbocycles. The molecule has 8 heteroatoms. The molecule has 31 heavy (non-hydrogen) atoms. The summed E-state index contributed by atoms with van der Waals surface area (Å²) in [5.74, 6) is 0.294. The van der Waals surface area contributed by atoms with Crippen molar-refractivity contribution in [1.82, 2.24) is 10.2 Å². The van der Waals surface area contributed by atoms with Gasteiger partial charge in [0, 0.05) is 38.7 Å². The quantitative estimate of drug-likeness (QED) is 0.709. The zero-order valence-corrected chi connectivity index (χ0v) is 19.0. The van der Waals surface area contributed by atoms with E-state index in [0.717, 1.165) is 31.5 Å². The summed E-state index contributed by atoms with van der Waals surface area (Å²) in [5.41, 5.74) is 1.43. The summed E-state index contributed by atoms with van der Waals surface area (Å²) >= 11 is 0. The first-order valence-electron chi connectivity index (χ1n) is 10.3. The maximum absolute atomic E-state index is 12.9. The predicted molar refractivity (Wildman–Crippen MR) is 123 cm³/mol. The van der Waals surface area contributed by atoms with Gasteiger partial charge in [0.05, 0.1) is 0 Å². The fraction of sp³-hybridized carbons (Fsp3) is 0.435. The van der Waals surface area contributed by atoms with Crippen molar-refractivity contribution in [2.24, 2.45) is 0 Å². The summed E-state index contributed by atoms with van der Waals surface area (Å²) < 4.78 is 5.52. The highest BCUT2D eigenvalue weighted by molar-refractivity contribution is 6.05. The van der Waals surface area contributed by atoms with Crippen LogP contribution in [-0.4, -0.2) is 43.9 Å². The Morgan fingerprint density at radius 2 is 2.00 bits per heavy atom. The summed E-state index contributed by atoms with van der Waals surface area (Å²) in [6.07, 6.45) is 2.82. The van der Waals surface area contributed by atoms with Gasteiger partial charge in [-0.3, -0.25) is 9.59 Å². The van der Waals surface area contributed by atoms with E-state index in [1.54, 1.807) is 44.1 Å². The second-order valence-corrected chi connectivity index (χ2v) is 7.94. The number of piperidine rings is 1. The van der Waals surface area contributed by atoms with E-state index in [1.165, 1.54) is 0 Å². The number of hydrogen-bond acceptors (Lipinski definition) is 5. The lowest BCUT2D eigenvalue weighted by Gasteiger charge is -2.22. The van der Waals surface area contributed by atoms with E-state index in [-0.39, 0.29) is 29.8 Å². The van der Waals surface area contributed by atoms with Crippen LogP contribution in [0.5, 0.6) is 0 Å². The number of carbonyl (C=O) groups is 2. The van der Waals surface area contributed by atoms with Gasteiger partial charge in [-0.2, -0.15) is 0 Å². The van der Waals surface area contributed by atoms with Gasteiger partial charge in [0.15, 0.2) is 0 Å². The van der Waals surface area contributed by atoms with Crippen molar-refractivity contribution < 1.29 is 14.0 Å². The number of rotatable bonds is 6. The Bertz CT molecular complexity index is 981. The van der Waals surface area contributed by atoms with Crippen LogP contribution >= 0.6 is 12.4 Å². The summed E-state index contributed by atoms with van der Waals surface area (Å²) in [7, 11) is 3.43. The van der Waals surface area contributed by atoms with E-state index in [0.29, 0.717) is 29.9 Å². The molecule has 2 heterocycles. The number of nitrogens with zero attached hydrogens (tertiary/aromatic N) is 1. The summed E-state index contributed by atoms with van der Waals surface area (Å²) in [4.78, 5) is 38.9. The maximum atomic E-state index is 12.9. The van der Waals surface area contributed by atoms with Crippen molar-refractivity contribution in [1.29, 1.82) is 0 Å². The highest BCUT2D eigenvalue weighted by Crippen LogP contribution is 2.24. The van der Waals surface area contributed by atoms with Crippen molar-refractivity contribution in [2.75, 3.05) is 32.5 Å². The molecule has 3 rings (SSSR count). The van der Waals surface area contributed by atoms with Crippen LogP contribution in [-0.2, 0) is 11.2 Å². The second kappa shape index (κ2) is 11.1. The zero-order valence-electron chi connectivity index (χ0n) is 18.2. The fourth-order valence-electron chi connectivity index (χ4n) is 3.71. The normalized spacial score (nSPS) is 15.6. The molecule has 1 aromatic heterocycles.